The minimum absolute atomic E-state index is 0.00966. The Labute approximate surface area is 185 Å². The number of unbranched alkanes of at least 4 members (excludes halogenated alkanes) is 4. The molecule has 4 heterocycles. The summed E-state index contributed by atoms with van der Waals surface area (Å²) in [5.74, 6) is 0.242. The second-order valence-electron chi connectivity index (χ2n) is 7.83. The van der Waals surface area contributed by atoms with Gasteiger partial charge in [-0.15, -0.1) is 0 Å². The van der Waals surface area contributed by atoms with Crippen LogP contribution in [0.2, 0.25) is 0 Å². The molecule has 0 saturated carbocycles. The third-order valence-corrected chi connectivity index (χ3v) is 5.52. The van der Waals surface area contributed by atoms with Crippen LogP contribution < -0.4 is 16.4 Å². The van der Waals surface area contributed by atoms with Crippen LogP contribution in [0.1, 0.15) is 55.1 Å². The molecule has 0 unspecified atom stereocenters. The number of fused-ring (bicyclic) bond motifs is 2. The maximum atomic E-state index is 13.2. The molecule has 0 aliphatic rings. The van der Waals surface area contributed by atoms with Crippen molar-refractivity contribution in [2.75, 3.05) is 6.54 Å². The van der Waals surface area contributed by atoms with Gasteiger partial charge in [0.05, 0.1) is 23.8 Å². The lowest BCUT2D eigenvalue weighted by molar-refractivity contribution is 0.0950. The van der Waals surface area contributed by atoms with Crippen LogP contribution in [0.5, 0.6) is 0 Å². The smallest absolute Gasteiger partial charge is 0.267 e. The van der Waals surface area contributed by atoms with Gasteiger partial charge in [-0.25, -0.2) is 4.98 Å². The van der Waals surface area contributed by atoms with Crippen LogP contribution in [0.3, 0.4) is 0 Å². The van der Waals surface area contributed by atoms with Crippen molar-refractivity contribution in [3.63, 3.8) is 0 Å². The Balaban J connectivity index is 1.76. The fourth-order valence-corrected chi connectivity index (χ4v) is 3.80. The summed E-state index contributed by atoms with van der Waals surface area (Å²) in [6.07, 6.45) is 8.63. The molecule has 32 heavy (non-hydrogen) atoms. The zero-order chi connectivity index (χ0) is 22.5. The molecule has 4 aromatic rings. The van der Waals surface area contributed by atoms with E-state index in [1.54, 1.807) is 47.4 Å². The summed E-state index contributed by atoms with van der Waals surface area (Å²) in [5.41, 5.74) is 0.671. The van der Waals surface area contributed by atoms with Crippen LogP contribution in [0.15, 0.2) is 58.1 Å². The number of carbonyl (C=O) groups excluding carboxylic acids is 1. The van der Waals surface area contributed by atoms with Crippen molar-refractivity contribution in [3.05, 3.63) is 76.0 Å². The molecule has 0 atom stereocenters. The summed E-state index contributed by atoms with van der Waals surface area (Å²) >= 11 is 0. The first-order chi connectivity index (χ1) is 15.6. The van der Waals surface area contributed by atoms with E-state index in [0.29, 0.717) is 23.6 Å². The number of rotatable bonds is 9. The summed E-state index contributed by atoms with van der Waals surface area (Å²) in [7, 11) is 0. The molecule has 0 fully saturated rings. The quantitative estimate of drug-likeness (QED) is 0.311. The van der Waals surface area contributed by atoms with E-state index in [0.717, 1.165) is 19.3 Å². The second-order valence-corrected chi connectivity index (χ2v) is 7.83. The third-order valence-electron chi connectivity index (χ3n) is 5.52. The van der Waals surface area contributed by atoms with Crippen LogP contribution in [0.4, 0.5) is 0 Å². The highest BCUT2D eigenvalue weighted by atomic mass is 16.3. The van der Waals surface area contributed by atoms with E-state index in [1.165, 1.54) is 23.3 Å². The first kappa shape index (κ1) is 21.5. The first-order valence-corrected chi connectivity index (χ1v) is 11.0. The summed E-state index contributed by atoms with van der Waals surface area (Å²) in [6.45, 7) is 2.89. The maximum absolute atomic E-state index is 13.2. The third kappa shape index (κ3) is 4.34. The fraction of sp³-hybridized carbons (Fsp3) is 0.333. The topological polar surface area (TPSA) is 105 Å². The molecule has 8 heteroatoms. The summed E-state index contributed by atoms with van der Waals surface area (Å²) in [4.78, 5) is 30.7. The van der Waals surface area contributed by atoms with E-state index >= 15 is 0 Å². The van der Waals surface area contributed by atoms with Crippen molar-refractivity contribution < 1.29 is 9.21 Å². The van der Waals surface area contributed by atoms with Gasteiger partial charge in [0.1, 0.15) is 22.5 Å². The van der Waals surface area contributed by atoms with Crippen molar-refractivity contribution in [3.8, 4) is 0 Å². The lowest BCUT2D eigenvalue weighted by Gasteiger charge is -2.14. The lowest BCUT2D eigenvalue weighted by atomic mass is 10.1. The average Bonchev–Trinajstić information content (AvgIpc) is 3.31. The SMILES string of the molecule is CCCCCCCNC(=O)c1cc2c(=O)n3ccccc3nc2n(Cc2ccco2)c1=N. The molecule has 1 amide bonds. The van der Waals surface area contributed by atoms with E-state index in [1.807, 2.05) is 0 Å². The molecule has 0 aliphatic heterocycles. The number of carbonyl (C=O) groups is 1. The molecule has 166 valence electrons. The van der Waals surface area contributed by atoms with Gasteiger partial charge in [-0.1, -0.05) is 38.7 Å². The molecule has 0 saturated heterocycles. The van der Waals surface area contributed by atoms with Gasteiger partial charge in [0.15, 0.2) is 0 Å². The van der Waals surface area contributed by atoms with Crippen LogP contribution in [0, 0.1) is 5.41 Å². The van der Waals surface area contributed by atoms with Gasteiger partial charge in [0.2, 0.25) is 0 Å². The molecule has 0 spiro atoms. The second kappa shape index (κ2) is 9.64. The molecule has 8 nitrogen and oxygen atoms in total. The predicted molar refractivity (Wildman–Crippen MR) is 122 cm³/mol. The largest absolute Gasteiger partial charge is 0.467 e. The zero-order valence-corrected chi connectivity index (χ0v) is 18.1. The highest BCUT2D eigenvalue weighted by molar-refractivity contribution is 5.96. The van der Waals surface area contributed by atoms with Gasteiger partial charge in [-0.3, -0.25) is 19.4 Å². The number of amides is 1. The number of hydrogen-bond acceptors (Lipinski definition) is 5. The van der Waals surface area contributed by atoms with Gasteiger partial charge in [-0.05, 0) is 36.8 Å². The number of pyridine rings is 2. The van der Waals surface area contributed by atoms with Crippen LogP contribution in [-0.2, 0) is 6.54 Å². The van der Waals surface area contributed by atoms with Crippen LogP contribution in [-0.4, -0.2) is 26.4 Å². The lowest BCUT2D eigenvalue weighted by Crippen LogP contribution is -2.35. The molecule has 2 N–H and O–H groups in total. The summed E-state index contributed by atoms with van der Waals surface area (Å²) in [5, 5.41) is 11.9. The van der Waals surface area contributed by atoms with Gasteiger partial charge in [-0.2, -0.15) is 0 Å². The van der Waals surface area contributed by atoms with Crippen LogP contribution in [0.25, 0.3) is 16.7 Å². The molecule has 0 aromatic carbocycles. The normalized spacial score (nSPS) is 11.3. The maximum Gasteiger partial charge on any atom is 0.267 e. The molecule has 0 radical (unpaired) electrons. The Morgan fingerprint density at radius 3 is 2.78 bits per heavy atom. The Morgan fingerprint density at radius 2 is 2.00 bits per heavy atom. The fourth-order valence-electron chi connectivity index (χ4n) is 3.80. The summed E-state index contributed by atoms with van der Waals surface area (Å²) in [6, 6.07) is 10.3. The van der Waals surface area contributed by atoms with E-state index in [2.05, 4.69) is 17.2 Å². The Bertz CT molecular complexity index is 1350. The monoisotopic (exact) mass is 433 g/mol. The highest BCUT2D eigenvalue weighted by Crippen LogP contribution is 2.13. The van der Waals surface area contributed by atoms with Gasteiger partial charge in [0, 0.05) is 12.7 Å². The number of nitrogens with one attached hydrogen (secondary N) is 2. The molecule has 0 aliphatic carbocycles. The predicted octanol–water partition coefficient (Wildman–Crippen LogP) is 3.47. The van der Waals surface area contributed by atoms with Crippen molar-refractivity contribution in [2.24, 2.45) is 0 Å². The Morgan fingerprint density at radius 1 is 1.16 bits per heavy atom. The molecule has 4 aromatic heterocycles. The van der Waals surface area contributed by atoms with E-state index in [9.17, 15) is 9.59 Å². The van der Waals surface area contributed by atoms with E-state index in [-0.39, 0.29) is 34.4 Å². The average molecular weight is 434 g/mol. The molecular formula is C24H27N5O3. The molecule has 4 rings (SSSR count). The number of hydrogen-bond donors (Lipinski definition) is 2. The first-order valence-electron chi connectivity index (χ1n) is 11.0. The van der Waals surface area contributed by atoms with Crippen molar-refractivity contribution in [1.82, 2.24) is 19.3 Å². The van der Waals surface area contributed by atoms with Crippen molar-refractivity contribution in [1.29, 1.82) is 5.41 Å². The van der Waals surface area contributed by atoms with Gasteiger partial charge in [0.25, 0.3) is 11.5 Å². The molecular weight excluding hydrogens is 406 g/mol. The summed E-state index contributed by atoms with van der Waals surface area (Å²) < 4.78 is 8.45. The number of nitrogens with zero attached hydrogens (tertiary/aromatic N) is 3. The standard InChI is InChI=1S/C24H27N5O3/c1-2-3-4-5-7-12-26-23(30)18-15-19-22(27-20-11-6-8-13-28(20)24(19)31)29(21(18)25)16-17-10-9-14-32-17/h6,8-11,13-15,25H,2-5,7,12,16H2,1H3,(H,26,30). The van der Waals surface area contributed by atoms with E-state index < -0.39 is 0 Å². The molecule has 0 bridgehead atoms. The minimum Gasteiger partial charge on any atom is -0.467 e. The minimum atomic E-state index is -0.363. The number of furan rings is 1. The van der Waals surface area contributed by atoms with Crippen molar-refractivity contribution >= 4 is 22.6 Å². The van der Waals surface area contributed by atoms with Crippen LogP contribution >= 0.6 is 0 Å². The van der Waals surface area contributed by atoms with Gasteiger partial charge < -0.3 is 14.3 Å². The zero-order valence-electron chi connectivity index (χ0n) is 18.1. The highest BCUT2D eigenvalue weighted by Gasteiger charge is 2.18. The van der Waals surface area contributed by atoms with Gasteiger partial charge >= 0.3 is 0 Å². The Hall–Kier alpha value is -3.68. The van der Waals surface area contributed by atoms with E-state index in [4.69, 9.17) is 9.83 Å². The number of aromatic nitrogens is 3. The van der Waals surface area contributed by atoms with Crippen molar-refractivity contribution in [2.45, 2.75) is 45.6 Å². The Kier molecular flexibility index (Phi) is 6.49.